The van der Waals surface area contributed by atoms with Crippen LogP contribution in [0.1, 0.15) is 51.5 Å². The molecule has 10 nitrogen and oxygen atoms in total. The first kappa shape index (κ1) is 29.2. The zero-order valence-electron chi connectivity index (χ0n) is 23.2. The van der Waals surface area contributed by atoms with Gasteiger partial charge in [0.05, 0.1) is 22.5 Å². The second-order valence-corrected chi connectivity index (χ2v) is 12.8. The molecule has 12 heteroatoms. The molecular weight excluding hydrogens is 564 g/mol. The highest BCUT2D eigenvalue weighted by molar-refractivity contribution is 7.98. The fraction of sp³-hybridized carbons (Fsp3) is 0.414. The Hall–Kier alpha value is -3.35. The molecule has 0 aliphatic carbocycles. The topological polar surface area (TPSA) is 124 Å². The fourth-order valence-electron chi connectivity index (χ4n) is 5.00. The third-order valence-corrected chi connectivity index (χ3v) is 10.0. The Bertz CT molecular complexity index is 1720. The van der Waals surface area contributed by atoms with Crippen LogP contribution < -0.4 is 10.9 Å². The maximum Gasteiger partial charge on any atom is 0.411 e. The van der Waals surface area contributed by atoms with Gasteiger partial charge in [-0.25, -0.2) is 23.0 Å². The van der Waals surface area contributed by atoms with E-state index in [1.54, 1.807) is 41.6 Å². The van der Waals surface area contributed by atoms with Gasteiger partial charge in [0.25, 0.3) is 0 Å². The van der Waals surface area contributed by atoms with Gasteiger partial charge in [-0.1, -0.05) is 31.5 Å². The lowest BCUT2D eigenvalue weighted by Gasteiger charge is -2.25. The van der Waals surface area contributed by atoms with Crippen LogP contribution in [-0.2, 0) is 27.1 Å². The zero-order valence-corrected chi connectivity index (χ0v) is 24.9. The number of aryl methyl sites for hydroxylation is 1. The van der Waals surface area contributed by atoms with Gasteiger partial charge in [-0.05, 0) is 62.1 Å². The summed E-state index contributed by atoms with van der Waals surface area (Å²) in [4.78, 5) is 29.3. The van der Waals surface area contributed by atoms with Crippen LogP contribution in [0.3, 0.4) is 0 Å². The fourth-order valence-corrected chi connectivity index (χ4v) is 7.57. The molecule has 0 atom stereocenters. The normalized spacial score (nSPS) is 14.5. The van der Waals surface area contributed by atoms with Crippen molar-refractivity contribution in [2.45, 2.75) is 68.3 Å². The summed E-state index contributed by atoms with van der Waals surface area (Å²) >= 11 is 1.48. The number of anilines is 1. The SMILES string of the molecule is CCCCn1c(SCc2cc(=O)oc3cc(NC(=O)OCC)ccc23)nc2cc(S(=O)(=O)N3CCCCC3)ccc21. The summed E-state index contributed by atoms with van der Waals surface area (Å²) in [5.74, 6) is 0.446. The number of thioether (sulfide) groups is 1. The van der Waals surface area contributed by atoms with Gasteiger partial charge in [0.2, 0.25) is 10.0 Å². The third kappa shape index (κ3) is 6.44. The predicted octanol–water partition coefficient (Wildman–Crippen LogP) is 5.98. The number of fused-ring (bicyclic) bond motifs is 2. The molecule has 5 rings (SSSR count). The Morgan fingerprint density at radius 1 is 1.10 bits per heavy atom. The zero-order chi connectivity index (χ0) is 29.0. The van der Waals surface area contributed by atoms with E-state index >= 15 is 0 Å². The van der Waals surface area contributed by atoms with E-state index in [2.05, 4.69) is 16.8 Å². The van der Waals surface area contributed by atoms with Crippen LogP contribution in [-0.4, -0.2) is 48.1 Å². The molecule has 2 aromatic carbocycles. The maximum absolute atomic E-state index is 13.3. The van der Waals surface area contributed by atoms with E-state index in [1.807, 2.05) is 6.07 Å². The van der Waals surface area contributed by atoms with Gasteiger partial charge in [-0.2, -0.15) is 4.31 Å². The molecule has 1 N–H and O–H groups in total. The van der Waals surface area contributed by atoms with Crippen molar-refractivity contribution in [3.63, 3.8) is 0 Å². The van der Waals surface area contributed by atoms with Gasteiger partial charge < -0.3 is 13.7 Å². The molecule has 0 saturated carbocycles. The molecule has 1 saturated heterocycles. The van der Waals surface area contributed by atoms with Gasteiger partial charge in [0, 0.05) is 48.6 Å². The Labute approximate surface area is 243 Å². The summed E-state index contributed by atoms with van der Waals surface area (Å²) in [6.45, 7) is 5.92. The molecular formula is C29H34N4O6S2. The number of rotatable bonds is 10. The minimum Gasteiger partial charge on any atom is -0.450 e. The molecule has 1 aliphatic heterocycles. The number of aromatic nitrogens is 2. The van der Waals surface area contributed by atoms with Crippen molar-refractivity contribution in [3.8, 4) is 0 Å². The summed E-state index contributed by atoms with van der Waals surface area (Å²) in [7, 11) is -3.57. The van der Waals surface area contributed by atoms with Gasteiger partial charge in [-0.3, -0.25) is 5.32 Å². The van der Waals surface area contributed by atoms with Crippen LogP contribution in [0, 0.1) is 0 Å². The van der Waals surface area contributed by atoms with E-state index < -0.39 is 21.7 Å². The largest absolute Gasteiger partial charge is 0.450 e. The number of nitrogens with one attached hydrogen (secondary N) is 1. The number of unbranched alkanes of at least 4 members (excludes halogenated alkanes) is 1. The first-order valence-corrected chi connectivity index (χ1v) is 16.4. The van der Waals surface area contributed by atoms with Gasteiger partial charge >= 0.3 is 11.7 Å². The number of nitrogens with zero attached hydrogens (tertiary/aromatic N) is 3. The highest BCUT2D eigenvalue weighted by Gasteiger charge is 2.27. The van der Waals surface area contributed by atoms with Crippen molar-refractivity contribution in [2.75, 3.05) is 25.0 Å². The lowest BCUT2D eigenvalue weighted by atomic mass is 10.1. The summed E-state index contributed by atoms with van der Waals surface area (Å²) in [5.41, 5.74) is 2.61. The second kappa shape index (κ2) is 12.7. The molecule has 1 fully saturated rings. The van der Waals surface area contributed by atoms with E-state index in [0.717, 1.165) is 60.3 Å². The first-order chi connectivity index (χ1) is 19.8. The number of piperidine rings is 1. The van der Waals surface area contributed by atoms with Gasteiger partial charge in [0.1, 0.15) is 5.58 Å². The van der Waals surface area contributed by atoms with E-state index in [-0.39, 0.29) is 11.5 Å². The van der Waals surface area contributed by atoms with Crippen LogP contribution in [0.2, 0.25) is 0 Å². The molecule has 0 radical (unpaired) electrons. The van der Waals surface area contributed by atoms with Crippen molar-refractivity contribution in [1.29, 1.82) is 0 Å². The molecule has 4 aromatic rings. The van der Waals surface area contributed by atoms with Crippen molar-refractivity contribution in [1.82, 2.24) is 13.9 Å². The summed E-state index contributed by atoms with van der Waals surface area (Å²) < 4.78 is 40.6. The van der Waals surface area contributed by atoms with E-state index in [0.29, 0.717) is 35.6 Å². The second-order valence-electron chi connectivity index (χ2n) is 9.95. The number of carbonyl (C=O) groups excluding carboxylic acids is 1. The van der Waals surface area contributed by atoms with Crippen molar-refractivity contribution in [3.05, 3.63) is 58.4 Å². The number of amides is 1. The van der Waals surface area contributed by atoms with Crippen LogP contribution in [0.5, 0.6) is 0 Å². The lowest BCUT2D eigenvalue weighted by molar-refractivity contribution is 0.168. The predicted molar refractivity (Wildman–Crippen MR) is 160 cm³/mol. The van der Waals surface area contributed by atoms with E-state index in [4.69, 9.17) is 14.1 Å². The molecule has 41 heavy (non-hydrogen) atoms. The van der Waals surface area contributed by atoms with Crippen LogP contribution in [0.4, 0.5) is 10.5 Å². The Morgan fingerprint density at radius 2 is 1.90 bits per heavy atom. The Balaban J connectivity index is 1.44. The summed E-state index contributed by atoms with van der Waals surface area (Å²) in [6.07, 6.45) is 4.17. The summed E-state index contributed by atoms with van der Waals surface area (Å²) in [6, 6.07) is 11.8. The molecule has 1 amide bonds. The number of ether oxygens (including phenoxy) is 1. The van der Waals surface area contributed by atoms with Crippen LogP contribution in [0.15, 0.2) is 61.7 Å². The maximum atomic E-state index is 13.3. The number of hydrogen-bond acceptors (Lipinski definition) is 8. The Morgan fingerprint density at radius 3 is 2.66 bits per heavy atom. The molecule has 2 aromatic heterocycles. The van der Waals surface area contributed by atoms with Crippen LogP contribution in [0.25, 0.3) is 22.0 Å². The number of benzene rings is 2. The smallest absolute Gasteiger partial charge is 0.411 e. The lowest BCUT2D eigenvalue weighted by Crippen LogP contribution is -2.35. The van der Waals surface area contributed by atoms with Crippen LogP contribution >= 0.6 is 11.8 Å². The minimum absolute atomic E-state index is 0.245. The molecule has 1 aliphatic rings. The monoisotopic (exact) mass is 598 g/mol. The van der Waals surface area contributed by atoms with E-state index in [1.165, 1.54) is 17.8 Å². The van der Waals surface area contributed by atoms with Crippen molar-refractivity contribution < 1.29 is 22.4 Å². The highest BCUT2D eigenvalue weighted by Crippen LogP contribution is 2.32. The van der Waals surface area contributed by atoms with E-state index in [9.17, 15) is 18.0 Å². The molecule has 0 bridgehead atoms. The quantitative estimate of drug-likeness (QED) is 0.175. The summed E-state index contributed by atoms with van der Waals surface area (Å²) in [5, 5.41) is 4.12. The first-order valence-electron chi connectivity index (χ1n) is 13.9. The molecule has 0 spiro atoms. The molecule has 0 unspecified atom stereocenters. The Kier molecular flexibility index (Phi) is 9.00. The average molecular weight is 599 g/mol. The van der Waals surface area contributed by atoms with Gasteiger partial charge in [-0.15, -0.1) is 0 Å². The molecule has 218 valence electrons. The van der Waals surface area contributed by atoms with Crippen molar-refractivity contribution >= 4 is 55.6 Å². The average Bonchev–Trinajstić information content (AvgIpc) is 3.31. The minimum atomic E-state index is -3.57. The number of carbonyl (C=O) groups is 1. The standard InChI is InChI=1S/C29H34N4O6S2/c1-3-5-15-33-25-12-10-22(41(36,37)32-13-7-6-8-14-32)18-24(25)31-28(33)40-19-20-16-27(34)39-26-17-21(9-11-23(20)26)30-29(35)38-4-2/h9-12,16-18H,3-8,13-15,19H2,1-2H3,(H,30,35). The number of imidazole rings is 1. The third-order valence-electron chi connectivity index (χ3n) is 7.08. The van der Waals surface area contributed by atoms with Gasteiger partial charge in [0.15, 0.2) is 5.16 Å². The number of hydrogen-bond donors (Lipinski definition) is 1. The highest BCUT2D eigenvalue weighted by atomic mass is 32.2. The molecule has 3 heterocycles. The number of sulfonamides is 1. The van der Waals surface area contributed by atoms with Crippen molar-refractivity contribution in [2.24, 2.45) is 0 Å².